The van der Waals surface area contributed by atoms with Crippen LogP contribution in [0.1, 0.15) is 0 Å². The third-order valence-corrected chi connectivity index (χ3v) is 2.51. The molecule has 0 aromatic heterocycles. The van der Waals surface area contributed by atoms with Gasteiger partial charge < -0.3 is 14.2 Å². The lowest BCUT2D eigenvalue weighted by molar-refractivity contribution is 0.418. The number of hydrogen-bond acceptors (Lipinski definition) is 3. The molecule has 1 unspecified atom stereocenters. The quantitative estimate of drug-likeness (QED) is 0.811. The molecule has 2 aromatic carbocycles. The van der Waals surface area contributed by atoms with Crippen LogP contribution in [-0.4, -0.2) is 12.0 Å². The summed E-state index contributed by atoms with van der Waals surface area (Å²) in [5.41, 5.74) is 0. The second kappa shape index (κ2) is 4.47. The normalized spacial score (nSPS) is 11.1. The number of hydrogen-bond donors (Lipinski definition) is 1. The second-order valence-electron chi connectivity index (χ2n) is 3.01. The van der Waals surface area contributed by atoms with Gasteiger partial charge in [-0.1, -0.05) is 24.3 Å². The predicted octanol–water partition coefficient (Wildman–Crippen LogP) is 2.73. The Hall–Kier alpha value is -1.31. The van der Waals surface area contributed by atoms with Crippen LogP contribution < -0.4 is 9.26 Å². The van der Waals surface area contributed by atoms with Gasteiger partial charge in [0.05, 0.1) is 12.5 Å². The van der Waals surface area contributed by atoms with Gasteiger partial charge in [-0.05, 0) is 17.5 Å². The molecule has 0 aliphatic rings. The van der Waals surface area contributed by atoms with Crippen molar-refractivity contribution < 1.29 is 14.2 Å². The first-order chi connectivity index (χ1) is 7.36. The van der Waals surface area contributed by atoms with Gasteiger partial charge in [0.25, 0.3) is 0 Å². The monoisotopic (exact) mass is 222 g/mol. The highest BCUT2D eigenvalue weighted by atomic mass is 31.1. The van der Waals surface area contributed by atoms with E-state index < -0.39 is 9.03 Å². The maximum absolute atomic E-state index is 8.81. The van der Waals surface area contributed by atoms with E-state index in [4.69, 9.17) is 14.2 Å². The van der Waals surface area contributed by atoms with Crippen molar-refractivity contribution in [1.82, 2.24) is 0 Å². The van der Waals surface area contributed by atoms with Gasteiger partial charge >= 0.3 is 0 Å². The highest BCUT2D eigenvalue weighted by molar-refractivity contribution is 7.25. The Labute approximate surface area is 89.6 Å². The van der Waals surface area contributed by atoms with E-state index in [0.29, 0.717) is 5.75 Å². The molecule has 0 aliphatic heterocycles. The maximum Gasteiger partial charge on any atom is 0.212 e. The van der Waals surface area contributed by atoms with Crippen LogP contribution in [0.15, 0.2) is 36.4 Å². The van der Waals surface area contributed by atoms with Crippen LogP contribution in [0.2, 0.25) is 0 Å². The lowest BCUT2D eigenvalue weighted by Gasteiger charge is -2.09. The van der Waals surface area contributed by atoms with E-state index in [1.165, 1.54) is 0 Å². The van der Waals surface area contributed by atoms with E-state index in [-0.39, 0.29) is 0 Å². The lowest BCUT2D eigenvalue weighted by atomic mass is 10.1. The molecule has 0 amide bonds. The summed E-state index contributed by atoms with van der Waals surface area (Å²) in [6.07, 6.45) is 0. The van der Waals surface area contributed by atoms with Crippen LogP contribution in [0.4, 0.5) is 0 Å². The number of methoxy groups -OCH3 is 1. The van der Waals surface area contributed by atoms with Crippen LogP contribution in [-0.2, 0) is 0 Å². The minimum atomic E-state index is -0.559. The fourth-order valence-electron chi connectivity index (χ4n) is 1.58. The van der Waals surface area contributed by atoms with E-state index in [1.54, 1.807) is 7.11 Å². The van der Waals surface area contributed by atoms with Gasteiger partial charge in [0, 0.05) is 0 Å². The molecule has 0 spiro atoms. The number of benzene rings is 2. The molecule has 2 rings (SSSR count). The minimum absolute atomic E-state index is 0.559. The fourth-order valence-corrected chi connectivity index (χ4v) is 1.85. The molecular formula is C11H11O3P. The molecule has 3 nitrogen and oxygen atoms in total. The standard InChI is InChI=1S/C11H11O3P/c1-13-9-6-2-4-8-5-3-7-10(11(8)9)14-15-12/h2-7,12,15H,1H3. The smallest absolute Gasteiger partial charge is 0.212 e. The van der Waals surface area contributed by atoms with Crippen molar-refractivity contribution in [1.29, 1.82) is 0 Å². The van der Waals surface area contributed by atoms with Crippen molar-refractivity contribution in [2.75, 3.05) is 7.11 Å². The molecule has 78 valence electrons. The summed E-state index contributed by atoms with van der Waals surface area (Å²) in [7, 11) is 1.06. The van der Waals surface area contributed by atoms with Gasteiger partial charge in [-0.25, -0.2) is 0 Å². The van der Waals surface area contributed by atoms with Gasteiger partial charge in [-0.3, -0.25) is 0 Å². The molecule has 0 saturated carbocycles. The maximum atomic E-state index is 8.81. The summed E-state index contributed by atoms with van der Waals surface area (Å²) < 4.78 is 10.4. The molecule has 2 aromatic rings. The molecule has 0 saturated heterocycles. The topological polar surface area (TPSA) is 38.7 Å². The highest BCUT2D eigenvalue weighted by Crippen LogP contribution is 2.35. The molecular weight excluding hydrogens is 211 g/mol. The molecule has 15 heavy (non-hydrogen) atoms. The zero-order valence-corrected chi connectivity index (χ0v) is 9.23. The Morgan fingerprint density at radius 2 is 1.73 bits per heavy atom. The van der Waals surface area contributed by atoms with Crippen molar-refractivity contribution in [3.05, 3.63) is 36.4 Å². The first-order valence-corrected chi connectivity index (χ1v) is 5.34. The number of ether oxygens (including phenoxy) is 1. The number of fused-ring (bicyclic) bond motifs is 1. The van der Waals surface area contributed by atoms with E-state index in [1.807, 2.05) is 36.4 Å². The van der Waals surface area contributed by atoms with Crippen molar-refractivity contribution >= 4 is 19.8 Å². The van der Waals surface area contributed by atoms with E-state index in [9.17, 15) is 0 Å². The summed E-state index contributed by atoms with van der Waals surface area (Å²) in [6, 6.07) is 11.4. The summed E-state index contributed by atoms with van der Waals surface area (Å²) >= 11 is 0. The third kappa shape index (κ3) is 1.89. The van der Waals surface area contributed by atoms with Crippen molar-refractivity contribution in [2.45, 2.75) is 0 Å². The zero-order valence-electron chi connectivity index (χ0n) is 8.23. The molecule has 4 heteroatoms. The zero-order chi connectivity index (χ0) is 10.7. The van der Waals surface area contributed by atoms with Gasteiger partial charge in [0.15, 0.2) is 0 Å². The SMILES string of the molecule is COc1cccc2cccc(OPO)c12. The van der Waals surface area contributed by atoms with E-state index >= 15 is 0 Å². The fraction of sp³-hybridized carbons (Fsp3) is 0.0909. The summed E-state index contributed by atoms with van der Waals surface area (Å²) in [5.74, 6) is 1.40. The van der Waals surface area contributed by atoms with Crippen molar-refractivity contribution in [3.63, 3.8) is 0 Å². The molecule has 0 bridgehead atoms. The first-order valence-electron chi connectivity index (χ1n) is 4.48. The Morgan fingerprint density at radius 1 is 1.07 bits per heavy atom. The lowest BCUT2D eigenvalue weighted by Crippen LogP contribution is -1.87. The van der Waals surface area contributed by atoms with Gasteiger partial charge in [-0.15, -0.1) is 0 Å². The van der Waals surface area contributed by atoms with Gasteiger partial charge in [0.1, 0.15) is 11.5 Å². The van der Waals surface area contributed by atoms with Crippen LogP contribution >= 0.6 is 9.03 Å². The van der Waals surface area contributed by atoms with Crippen LogP contribution in [0, 0.1) is 0 Å². The van der Waals surface area contributed by atoms with E-state index in [0.717, 1.165) is 16.5 Å². The summed E-state index contributed by atoms with van der Waals surface area (Å²) in [6.45, 7) is 0. The number of rotatable bonds is 3. The van der Waals surface area contributed by atoms with Gasteiger partial charge in [-0.2, -0.15) is 0 Å². The summed E-state index contributed by atoms with van der Waals surface area (Å²) in [4.78, 5) is 8.81. The van der Waals surface area contributed by atoms with Gasteiger partial charge in [0.2, 0.25) is 9.03 Å². The average Bonchev–Trinajstić information content (AvgIpc) is 2.29. The van der Waals surface area contributed by atoms with E-state index in [2.05, 4.69) is 0 Å². The first kappa shape index (κ1) is 10.2. The molecule has 0 heterocycles. The van der Waals surface area contributed by atoms with Crippen LogP contribution in [0.25, 0.3) is 10.8 Å². The molecule has 0 aliphatic carbocycles. The largest absolute Gasteiger partial charge is 0.496 e. The predicted molar refractivity (Wildman–Crippen MR) is 61.7 cm³/mol. The molecule has 0 radical (unpaired) electrons. The molecule has 0 fully saturated rings. The molecule has 1 N–H and O–H groups in total. The minimum Gasteiger partial charge on any atom is -0.496 e. The summed E-state index contributed by atoms with van der Waals surface area (Å²) in [5, 5.41) is 1.93. The van der Waals surface area contributed by atoms with Crippen LogP contribution in [0.5, 0.6) is 11.5 Å². The van der Waals surface area contributed by atoms with Crippen LogP contribution in [0.3, 0.4) is 0 Å². The Kier molecular flexibility index (Phi) is 3.05. The Bertz CT molecular complexity index is 465. The Balaban J connectivity index is 2.69. The Morgan fingerprint density at radius 3 is 2.33 bits per heavy atom. The second-order valence-corrected chi connectivity index (χ2v) is 3.39. The third-order valence-electron chi connectivity index (χ3n) is 2.20. The van der Waals surface area contributed by atoms with Crippen molar-refractivity contribution in [3.8, 4) is 11.5 Å². The molecule has 1 atom stereocenters. The van der Waals surface area contributed by atoms with Crippen molar-refractivity contribution in [2.24, 2.45) is 0 Å². The average molecular weight is 222 g/mol. The highest BCUT2D eigenvalue weighted by Gasteiger charge is 2.06.